The minimum Gasteiger partial charge on any atom is -0.427 e. The standard InChI is InChI=1S/C24H36O4/c1-2-3-14-21(25)16-13-17-22(26)15-9-6-4-5-7-12-20-24(27)28-23-18-10-8-11-19-23/h8,10-11,18-19H,2-7,9,12-17,20H2,1H3. The lowest BCUT2D eigenvalue weighted by Gasteiger charge is -2.04. The Bertz CT molecular complexity index is 565. The van der Waals surface area contributed by atoms with Crippen molar-refractivity contribution in [2.45, 2.75) is 96.8 Å². The summed E-state index contributed by atoms with van der Waals surface area (Å²) in [5, 5.41) is 0. The molecule has 0 aromatic heterocycles. The van der Waals surface area contributed by atoms with Crippen molar-refractivity contribution in [2.75, 3.05) is 0 Å². The lowest BCUT2D eigenvalue weighted by Crippen LogP contribution is -2.07. The first kappa shape index (κ1) is 24.1. The van der Waals surface area contributed by atoms with E-state index in [-0.39, 0.29) is 11.8 Å². The van der Waals surface area contributed by atoms with Crippen molar-refractivity contribution in [3.05, 3.63) is 30.3 Å². The number of para-hydroxylation sites is 1. The van der Waals surface area contributed by atoms with E-state index >= 15 is 0 Å². The molecule has 0 bridgehead atoms. The predicted octanol–water partition coefficient (Wildman–Crippen LogP) is 6.21. The third kappa shape index (κ3) is 13.2. The van der Waals surface area contributed by atoms with Gasteiger partial charge < -0.3 is 4.74 Å². The molecule has 0 fully saturated rings. The number of carbonyl (C=O) groups is 3. The van der Waals surface area contributed by atoms with Gasteiger partial charge in [-0.25, -0.2) is 0 Å². The minimum atomic E-state index is -0.176. The molecule has 0 atom stereocenters. The number of esters is 1. The summed E-state index contributed by atoms with van der Waals surface area (Å²) in [5.74, 6) is 1.00. The second-order valence-corrected chi connectivity index (χ2v) is 7.44. The van der Waals surface area contributed by atoms with Crippen LogP contribution in [0.25, 0.3) is 0 Å². The highest BCUT2D eigenvalue weighted by molar-refractivity contribution is 5.81. The second kappa shape index (κ2) is 16.0. The normalized spacial score (nSPS) is 10.6. The van der Waals surface area contributed by atoms with Crippen molar-refractivity contribution < 1.29 is 19.1 Å². The van der Waals surface area contributed by atoms with Gasteiger partial charge in [0.05, 0.1) is 0 Å². The Labute approximate surface area is 170 Å². The maximum Gasteiger partial charge on any atom is 0.311 e. The fourth-order valence-corrected chi connectivity index (χ4v) is 3.08. The van der Waals surface area contributed by atoms with Crippen molar-refractivity contribution in [2.24, 2.45) is 0 Å². The monoisotopic (exact) mass is 388 g/mol. The SMILES string of the molecule is CCCCC(=O)CCCC(=O)CCCCCCCCC(=O)Oc1ccccc1. The highest BCUT2D eigenvalue weighted by Gasteiger charge is 2.06. The molecular weight excluding hydrogens is 352 g/mol. The van der Waals surface area contributed by atoms with E-state index in [2.05, 4.69) is 6.92 Å². The van der Waals surface area contributed by atoms with Gasteiger partial charge in [-0.05, 0) is 37.8 Å². The first-order chi connectivity index (χ1) is 13.6. The van der Waals surface area contributed by atoms with Crippen LogP contribution in [0.3, 0.4) is 0 Å². The summed E-state index contributed by atoms with van der Waals surface area (Å²) in [6.07, 6.45) is 11.6. The largest absolute Gasteiger partial charge is 0.427 e. The number of ether oxygens (including phenoxy) is 1. The number of hydrogen-bond acceptors (Lipinski definition) is 4. The average Bonchev–Trinajstić information content (AvgIpc) is 2.69. The first-order valence-corrected chi connectivity index (χ1v) is 10.9. The predicted molar refractivity (Wildman–Crippen MR) is 112 cm³/mol. The Morgan fingerprint density at radius 2 is 1.14 bits per heavy atom. The number of rotatable bonds is 17. The number of benzene rings is 1. The molecular formula is C24H36O4. The average molecular weight is 389 g/mol. The summed E-state index contributed by atoms with van der Waals surface area (Å²) >= 11 is 0. The van der Waals surface area contributed by atoms with E-state index in [0.717, 1.165) is 51.4 Å². The number of ketones is 2. The quantitative estimate of drug-likeness (QED) is 0.181. The number of Topliss-reactive ketones (excluding diaryl/α,β-unsaturated/α-hetero) is 2. The Morgan fingerprint density at radius 3 is 1.75 bits per heavy atom. The molecule has 156 valence electrons. The van der Waals surface area contributed by atoms with Gasteiger partial charge in [0, 0.05) is 32.1 Å². The van der Waals surface area contributed by atoms with Crippen LogP contribution in [0.15, 0.2) is 30.3 Å². The summed E-state index contributed by atoms with van der Waals surface area (Å²) in [5.41, 5.74) is 0. The van der Waals surface area contributed by atoms with E-state index < -0.39 is 0 Å². The van der Waals surface area contributed by atoms with Gasteiger partial charge in [-0.3, -0.25) is 14.4 Å². The van der Waals surface area contributed by atoms with Gasteiger partial charge in [-0.1, -0.05) is 57.2 Å². The van der Waals surface area contributed by atoms with E-state index in [1.165, 1.54) is 0 Å². The van der Waals surface area contributed by atoms with Crippen molar-refractivity contribution in [1.29, 1.82) is 0 Å². The third-order valence-corrected chi connectivity index (χ3v) is 4.78. The molecule has 0 amide bonds. The fourth-order valence-electron chi connectivity index (χ4n) is 3.08. The van der Waals surface area contributed by atoms with Crippen LogP contribution in [0, 0.1) is 0 Å². The van der Waals surface area contributed by atoms with Gasteiger partial charge in [0.1, 0.15) is 17.3 Å². The zero-order chi connectivity index (χ0) is 20.5. The topological polar surface area (TPSA) is 60.4 Å². The maximum atomic E-state index is 11.8. The van der Waals surface area contributed by atoms with Crippen molar-refractivity contribution in [3.63, 3.8) is 0 Å². The van der Waals surface area contributed by atoms with Crippen LogP contribution in [0.5, 0.6) is 5.75 Å². The minimum absolute atomic E-state index is 0.176. The van der Waals surface area contributed by atoms with Gasteiger partial charge >= 0.3 is 5.97 Å². The molecule has 0 spiro atoms. The van der Waals surface area contributed by atoms with Crippen LogP contribution in [-0.4, -0.2) is 17.5 Å². The van der Waals surface area contributed by atoms with E-state index in [0.29, 0.717) is 50.1 Å². The van der Waals surface area contributed by atoms with E-state index in [9.17, 15) is 14.4 Å². The molecule has 0 aliphatic rings. The van der Waals surface area contributed by atoms with E-state index in [1.807, 2.05) is 18.2 Å². The molecule has 4 nitrogen and oxygen atoms in total. The Kier molecular flexibility index (Phi) is 13.8. The first-order valence-electron chi connectivity index (χ1n) is 10.9. The molecule has 0 N–H and O–H groups in total. The molecule has 0 saturated heterocycles. The molecule has 1 rings (SSSR count). The Balaban J connectivity index is 1.90. The van der Waals surface area contributed by atoms with E-state index in [4.69, 9.17) is 4.74 Å². The van der Waals surface area contributed by atoms with Crippen LogP contribution in [0.1, 0.15) is 96.8 Å². The van der Waals surface area contributed by atoms with Gasteiger partial charge in [-0.15, -0.1) is 0 Å². The second-order valence-electron chi connectivity index (χ2n) is 7.44. The molecule has 0 aliphatic heterocycles. The van der Waals surface area contributed by atoms with Crippen LogP contribution < -0.4 is 4.74 Å². The number of hydrogen-bond donors (Lipinski definition) is 0. The summed E-state index contributed by atoms with van der Waals surface area (Å²) < 4.78 is 5.25. The van der Waals surface area contributed by atoms with Crippen LogP contribution in [0.4, 0.5) is 0 Å². The zero-order valence-electron chi connectivity index (χ0n) is 17.4. The van der Waals surface area contributed by atoms with Crippen molar-refractivity contribution in [1.82, 2.24) is 0 Å². The Hall–Kier alpha value is -1.97. The number of carbonyl (C=O) groups excluding carboxylic acids is 3. The molecule has 0 aliphatic carbocycles. The molecule has 0 radical (unpaired) electrons. The lowest BCUT2D eigenvalue weighted by molar-refractivity contribution is -0.134. The molecule has 28 heavy (non-hydrogen) atoms. The van der Waals surface area contributed by atoms with Crippen LogP contribution in [0.2, 0.25) is 0 Å². The van der Waals surface area contributed by atoms with Gasteiger partial charge in [0.2, 0.25) is 0 Å². The molecule has 4 heteroatoms. The van der Waals surface area contributed by atoms with Crippen molar-refractivity contribution >= 4 is 17.5 Å². The molecule has 1 aromatic rings. The summed E-state index contributed by atoms with van der Waals surface area (Å²) in [7, 11) is 0. The van der Waals surface area contributed by atoms with Crippen LogP contribution in [-0.2, 0) is 14.4 Å². The lowest BCUT2D eigenvalue weighted by atomic mass is 10.0. The zero-order valence-corrected chi connectivity index (χ0v) is 17.4. The van der Waals surface area contributed by atoms with Gasteiger partial charge in [0.15, 0.2) is 0 Å². The molecule has 0 saturated carbocycles. The molecule has 0 unspecified atom stereocenters. The smallest absolute Gasteiger partial charge is 0.311 e. The summed E-state index contributed by atoms with van der Waals surface area (Å²) in [4.78, 5) is 35.1. The Morgan fingerprint density at radius 1 is 0.643 bits per heavy atom. The van der Waals surface area contributed by atoms with Gasteiger partial charge in [-0.2, -0.15) is 0 Å². The highest BCUT2D eigenvalue weighted by atomic mass is 16.5. The van der Waals surface area contributed by atoms with Crippen LogP contribution >= 0.6 is 0 Å². The fraction of sp³-hybridized carbons (Fsp3) is 0.625. The number of unbranched alkanes of at least 4 members (excludes halogenated alkanes) is 6. The highest BCUT2D eigenvalue weighted by Crippen LogP contribution is 2.13. The van der Waals surface area contributed by atoms with Gasteiger partial charge in [0.25, 0.3) is 0 Å². The molecule has 0 heterocycles. The maximum absolute atomic E-state index is 11.8. The molecule has 1 aromatic carbocycles. The van der Waals surface area contributed by atoms with Crippen molar-refractivity contribution in [3.8, 4) is 5.75 Å². The van der Waals surface area contributed by atoms with E-state index in [1.54, 1.807) is 12.1 Å². The third-order valence-electron chi connectivity index (χ3n) is 4.78. The summed E-state index contributed by atoms with van der Waals surface area (Å²) in [6.45, 7) is 2.08. The summed E-state index contributed by atoms with van der Waals surface area (Å²) in [6, 6.07) is 9.15.